The van der Waals surface area contributed by atoms with Crippen LogP contribution in [0.3, 0.4) is 0 Å². The van der Waals surface area contributed by atoms with Crippen LogP contribution in [0.5, 0.6) is 0 Å². The summed E-state index contributed by atoms with van der Waals surface area (Å²) in [6, 6.07) is 4.07. The summed E-state index contributed by atoms with van der Waals surface area (Å²) in [5.41, 5.74) is 6.39. The van der Waals surface area contributed by atoms with Gasteiger partial charge in [0.05, 0.1) is 6.42 Å². The van der Waals surface area contributed by atoms with E-state index in [1.807, 2.05) is 11.8 Å². The first-order chi connectivity index (χ1) is 10.0. The minimum atomic E-state index is -0.910. The van der Waals surface area contributed by atoms with E-state index in [0.29, 0.717) is 12.1 Å². The summed E-state index contributed by atoms with van der Waals surface area (Å²) in [4.78, 5) is 14.2. The third kappa shape index (κ3) is 4.00. The monoisotopic (exact) mass is 296 g/mol. The van der Waals surface area contributed by atoms with Crippen molar-refractivity contribution in [1.82, 2.24) is 4.90 Å². The lowest BCUT2D eigenvalue weighted by Gasteiger charge is -2.35. The van der Waals surface area contributed by atoms with Gasteiger partial charge in [0.25, 0.3) is 0 Å². The van der Waals surface area contributed by atoms with Crippen molar-refractivity contribution in [3.05, 3.63) is 35.4 Å². The van der Waals surface area contributed by atoms with Gasteiger partial charge in [-0.2, -0.15) is 0 Å². The van der Waals surface area contributed by atoms with Gasteiger partial charge in [0.15, 0.2) is 11.6 Å². The average Bonchev–Trinajstić information content (AvgIpc) is 2.46. The van der Waals surface area contributed by atoms with E-state index in [4.69, 9.17) is 5.73 Å². The molecule has 1 fully saturated rings. The van der Waals surface area contributed by atoms with Crippen molar-refractivity contribution < 1.29 is 13.6 Å². The van der Waals surface area contributed by atoms with Crippen LogP contribution in [0.4, 0.5) is 8.78 Å². The van der Waals surface area contributed by atoms with Gasteiger partial charge in [0, 0.05) is 18.6 Å². The van der Waals surface area contributed by atoms with Crippen molar-refractivity contribution in [2.75, 3.05) is 6.54 Å². The fourth-order valence-corrected chi connectivity index (χ4v) is 2.98. The number of amides is 1. The molecular formula is C16H22F2N2O. The highest BCUT2D eigenvalue weighted by atomic mass is 19.2. The molecular weight excluding hydrogens is 274 g/mol. The van der Waals surface area contributed by atoms with Crippen LogP contribution in [-0.4, -0.2) is 29.4 Å². The number of likely N-dealkylation sites (N-methyl/N-ethyl adjacent to an activating group) is 1. The Bertz CT molecular complexity index is 499. The summed E-state index contributed by atoms with van der Waals surface area (Å²) in [5, 5.41) is 0. The number of nitrogens with two attached hydrogens (primary N) is 1. The van der Waals surface area contributed by atoms with Crippen LogP contribution in [-0.2, 0) is 11.2 Å². The molecule has 0 bridgehead atoms. The molecule has 0 heterocycles. The van der Waals surface area contributed by atoms with Crippen LogP contribution < -0.4 is 5.73 Å². The molecule has 0 radical (unpaired) electrons. The Balaban J connectivity index is 2.01. The molecule has 1 aliphatic rings. The number of rotatable bonds is 4. The van der Waals surface area contributed by atoms with Gasteiger partial charge < -0.3 is 10.6 Å². The van der Waals surface area contributed by atoms with Gasteiger partial charge in [0.1, 0.15) is 0 Å². The number of benzene rings is 1. The zero-order chi connectivity index (χ0) is 15.4. The molecule has 1 aliphatic carbocycles. The predicted octanol–water partition coefficient (Wildman–Crippen LogP) is 2.63. The molecule has 0 unspecified atom stereocenters. The fraction of sp³-hybridized carbons (Fsp3) is 0.562. The molecule has 3 nitrogen and oxygen atoms in total. The highest BCUT2D eigenvalue weighted by Crippen LogP contribution is 2.23. The lowest BCUT2D eigenvalue weighted by Crippen LogP contribution is -2.44. The molecule has 1 aromatic rings. The summed E-state index contributed by atoms with van der Waals surface area (Å²) in [5.74, 6) is -1.84. The normalized spacial score (nSPS) is 22.1. The maximum absolute atomic E-state index is 13.2. The second-order valence-corrected chi connectivity index (χ2v) is 5.67. The molecule has 2 rings (SSSR count). The van der Waals surface area contributed by atoms with Crippen molar-refractivity contribution in [3.63, 3.8) is 0 Å². The highest BCUT2D eigenvalue weighted by Gasteiger charge is 2.26. The summed E-state index contributed by atoms with van der Waals surface area (Å²) in [6.45, 7) is 2.57. The zero-order valence-corrected chi connectivity index (χ0v) is 12.3. The number of carbonyl (C=O) groups excluding carboxylic acids is 1. The minimum Gasteiger partial charge on any atom is -0.340 e. The zero-order valence-electron chi connectivity index (χ0n) is 12.3. The number of halogens is 2. The molecule has 116 valence electrons. The van der Waals surface area contributed by atoms with Gasteiger partial charge in [-0.25, -0.2) is 8.78 Å². The molecule has 21 heavy (non-hydrogen) atoms. The Hall–Kier alpha value is -1.49. The maximum Gasteiger partial charge on any atom is 0.227 e. The van der Waals surface area contributed by atoms with E-state index in [1.54, 1.807) is 0 Å². The Labute approximate surface area is 124 Å². The number of carbonyl (C=O) groups is 1. The van der Waals surface area contributed by atoms with Crippen LogP contribution in [0.1, 0.15) is 38.2 Å². The largest absolute Gasteiger partial charge is 0.340 e. The Morgan fingerprint density at radius 1 is 1.24 bits per heavy atom. The van der Waals surface area contributed by atoms with Gasteiger partial charge >= 0.3 is 0 Å². The molecule has 0 spiro atoms. The number of hydrogen-bond acceptors (Lipinski definition) is 2. The summed E-state index contributed by atoms with van der Waals surface area (Å²) >= 11 is 0. The lowest BCUT2D eigenvalue weighted by atomic mass is 9.90. The minimum absolute atomic E-state index is 0.0380. The quantitative estimate of drug-likeness (QED) is 0.928. The van der Waals surface area contributed by atoms with Crippen molar-refractivity contribution in [2.24, 2.45) is 5.73 Å². The maximum atomic E-state index is 13.2. The fourth-order valence-electron chi connectivity index (χ4n) is 2.98. The van der Waals surface area contributed by atoms with Crippen molar-refractivity contribution in [1.29, 1.82) is 0 Å². The Morgan fingerprint density at radius 2 is 1.90 bits per heavy atom. The number of hydrogen-bond donors (Lipinski definition) is 1. The van der Waals surface area contributed by atoms with Gasteiger partial charge in [-0.1, -0.05) is 6.07 Å². The molecule has 0 saturated heterocycles. The molecule has 5 heteroatoms. The van der Waals surface area contributed by atoms with E-state index in [-0.39, 0.29) is 24.4 Å². The standard InChI is InChI=1S/C16H22F2N2O/c1-2-20(13-6-4-12(19)5-7-13)16(21)10-11-3-8-14(17)15(18)9-11/h3,8-9,12-13H,2,4-7,10,19H2,1H3. The average molecular weight is 296 g/mol. The van der Waals surface area contributed by atoms with E-state index in [2.05, 4.69) is 0 Å². The topological polar surface area (TPSA) is 46.3 Å². The van der Waals surface area contributed by atoms with Crippen LogP contribution in [0.2, 0.25) is 0 Å². The van der Waals surface area contributed by atoms with Gasteiger partial charge in [-0.15, -0.1) is 0 Å². The lowest BCUT2D eigenvalue weighted by molar-refractivity contribution is -0.133. The van der Waals surface area contributed by atoms with Gasteiger partial charge in [0.2, 0.25) is 5.91 Å². The van der Waals surface area contributed by atoms with Gasteiger partial charge in [-0.05, 0) is 50.3 Å². The first kappa shape index (κ1) is 15.9. The van der Waals surface area contributed by atoms with Crippen molar-refractivity contribution in [2.45, 2.75) is 51.1 Å². The van der Waals surface area contributed by atoms with Crippen molar-refractivity contribution >= 4 is 5.91 Å². The molecule has 1 amide bonds. The predicted molar refractivity (Wildman–Crippen MR) is 77.7 cm³/mol. The Kier molecular flexibility index (Phi) is 5.28. The molecule has 1 saturated carbocycles. The second kappa shape index (κ2) is 6.98. The van der Waals surface area contributed by atoms with Crippen LogP contribution >= 0.6 is 0 Å². The van der Waals surface area contributed by atoms with E-state index >= 15 is 0 Å². The summed E-state index contributed by atoms with van der Waals surface area (Å²) < 4.78 is 26.1. The molecule has 0 aliphatic heterocycles. The molecule has 0 atom stereocenters. The van der Waals surface area contributed by atoms with E-state index < -0.39 is 11.6 Å². The van der Waals surface area contributed by atoms with Crippen molar-refractivity contribution in [3.8, 4) is 0 Å². The van der Waals surface area contributed by atoms with Gasteiger partial charge in [-0.3, -0.25) is 4.79 Å². The Morgan fingerprint density at radius 3 is 2.48 bits per heavy atom. The SMILES string of the molecule is CCN(C(=O)Cc1ccc(F)c(F)c1)C1CCC(N)CC1. The van der Waals surface area contributed by atoms with E-state index in [1.165, 1.54) is 6.07 Å². The summed E-state index contributed by atoms with van der Waals surface area (Å²) in [6.07, 6.45) is 3.80. The van der Waals surface area contributed by atoms with Crippen LogP contribution in [0, 0.1) is 11.6 Å². The smallest absolute Gasteiger partial charge is 0.227 e. The molecule has 2 N–H and O–H groups in total. The highest BCUT2D eigenvalue weighted by molar-refractivity contribution is 5.79. The molecule has 0 aromatic heterocycles. The van der Waals surface area contributed by atoms with E-state index in [9.17, 15) is 13.6 Å². The second-order valence-electron chi connectivity index (χ2n) is 5.67. The first-order valence-electron chi connectivity index (χ1n) is 7.50. The third-order valence-electron chi connectivity index (χ3n) is 4.18. The number of nitrogens with zero attached hydrogens (tertiary/aromatic N) is 1. The summed E-state index contributed by atoms with van der Waals surface area (Å²) in [7, 11) is 0. The van der Waals surface area contributed by atoms with E-state index in [0.717, 1.165) is 37.8 Å². The van der Waals surface area contributed by atoms with Crippen LogP contribution in [0.25, 0.3) is 0 Å². The molecule has 1 aromatic carbocycles. The third-order valence-corrected chi connectivity index (χ3v) is 4.18. The van der Waals surface area contributed by atoms with Crippen LogP contribution in [0.15, 0.2) is 18.2 Å². The first-order valence-corrected chi connectivity index (χ1v) is 7.50.